The maximum atomic E-state index is 5.76. The number of rotatable bonds is 2. The summed E-state index contributed by atoms with van der Waals surface area (Å²) in [6.07, 6.45) is 6.47. The Balaban J connectivity index is 1.69. The van der Waals surface area contributed by atoms with Crippen molar-refractivity contribution in [1.82, 2.24) is 15.1 Å². The fourth-order valence-corrected chi connectivity index (χ4v) is 3.47. The first-order valence-corrected chi connectivity index (χ1v) is 6.93. The summed E-state index contributed by atoms with van der Waals surface area (Å²) in [7, 11) is 0. The van der Waals surface area contributed by atoms with Crippen LogP contribution in [-0.2, 0) is 6.42 Å². The lowest BCUT2D eigenvalue weighted by Gasteiger charge is -2.36. The molecule has 0 bridgehead atoms. The summed E-state index contributed by atoms with van der Waals surface area (Å²) < 4.78 is 0. The van der Waals surface area contributed by atoms with Crippen LogP contribution in [-0.4, -0.2) is 34.2 Å². The Labute approximate surface area is 107 Å². The summed E-state index contributed by atoms with van der Waals surface area (Å²) in [6, 6.07) is 4.66. The predicted molar refractivity (Wildman–Crippen MR) is 68.1 cm³/mol. The molecule has 0 spiro atoms. The molecule has 1 aromatic heterocycles. The topological polar surface area (TPSA) is 29.0 Å². The molecular formula is C13H18ClN3. The molecule has 2 saturated heterocycles. The highest BCUT2D eigenvalue weighted by Crippen LogP contribution is 2.33. The summed E-state index contributed by atoms with van der Waals surface area (Å²) in [5, 5.41) is 8.60. The van der Waals surface area contributed by atoms with E-state index in [9.17, 15) is 0 Å². The van der Waals surface area contributed by atoms with Crippen LogP contribution in [0.5, 0.6) is 0 Å². The van der Waals surface area contributed by atoms with E-state index >= 15 is 0 Å². The van der Waals surface area contributed by atoms with E-state index in [4.69, 9.17) is 11.6 Å². The molecule has 0 aliphatic carbocycles. The van der Waals surface area contributed by atoms with Crippen LogP contribution >= 0.6 is 11.6 Å². The molecule has 0 N–H and O–H groups in total. The summed E-state index contributed by atoms with van der Waals surface area (Å²) in [5.41, 5.74) is 1.09. The molecule has 17 heavy (non-hydrogen) atoms. The second-order valence-electron chi connectivity index (χ2n) is 5.20. The first-order chi connectivity index (χ1) is 8.33. The highest BCUT2D eigenvalue weighted by Gasteiger charge is 2.34. The molecule has 2 aliphatic heterocycles. The highest BCUT2D eigenvalue weighted by molar-refractivity contribution is 6.29. The highest BCUT2D eigenvalue weighted by atomic mass is 35.5. The second kappa shape index (κ2) is 4.91. The van der Waals surface area contributed by atoms with Crippen molar-refractivity contribution in [2.45, 2.75) is 38.1 Å². The number of hydrogen-bond acceptors (Lipinski definition) is 3. The van der Waals surface area contributed by atoms with Crippen molar-refractivity contribution in [1.29, 1.82) is 0 Å². The third-order valence-corrected chi connectivity index (χ3v) is 4.34. The van der Waals surface area contributed by atoms with Crippen LogP contribution in [0.2, 0.25) is 5.15 Å². The lowest BCUT2D eigenvalue weighted by atomic mass is 9.85. The van der Waals surface area contributed by atoms with Gasteiger partial charge in [-0.05, 0) is 63.2 Å². The number of fused-ring (bicyclic) bond motifs is 1. The van der Waals surface area contributed by atoms with Gasteiger partial charge in [0.1, 0.15) is 0 Å². The average molecular weight is 252 g/mol. The van der Waals surface area contributed by atoms with Crippen molar-refractivity contribution in [2.24, 2.45) is 5.92 Å². The van der Waals surface area contributed by atoms with Gasteiger partial charge >= 0.3 is 0 Å². The Hall–Kier alpha value is -0.670. The molecule has 4 heteroatoms. The van der Waals surface area contributed by atoms with Crippen LogP contribution in [0, 0.1) is 5.92 Å². The molecule has 0 saturated carbocycles. The van der Waals surface area contributed by atoms with Gasteiger partial charge in [0.15, 0.2) is 5.15 Å². The number of nitrogens with zero attached hydrogens (tertiary/aromatic N) is 3. The normalized spacial score (nSPS) is 29.2. The molecular weight excluding hydrogens is 234 g/mol. The standard InChI is InChI=1S/C13H18ClN3/c14-13-6-5-11(15-16-13)9-10-3-1-7-17-8-2-4-12(10)17/h5-6,10,12H,1-4,7-9H2. The maximum Gasteiger partial charge on any atom is 0.151 e. The van der Waals surface area contributed by atoms with Crippen molar-refractivity contribution >= 4 is 11.6 Å². The van der Waals surface area contributed by atoms with Crippen LogP contribution in [0.3, 0.4) is 0 Å². The monoisotopic (exact) mass is 251 g/mol. The number of halogens is 1. The van der Waals surface area contributed by atoms with Gasteiger partial charge in [-0.3, -0.25) is 0 Å². The first kappa shape index (κ1) is 11.4. The minimum Gasteiger partial charge on any atom is -0.300 e. The molecule has 3 nitrogen and oxygen atoms in total. The van der Waals surface area contributed by atoms with E-state index < -0.39 is 0 Å². The van der Waals surface area contributed by atoms with Crippen LogP contribution in [0.15, 0.2) is 12.1 Å². The minimum atomic E-state index is 0.486. The van der Waals surface area contributed by atoms with Gasteiger partial charge in [-0.15, -0.1) is 5.10 Å². The van der Waals surface area contributed by atoms with Crippen molar-refractivity contribution in [3.8, 4) is 0 Å². The molecule has 1 aromatic rings. The van der Waals surface area contributed by atoms with Crippen LogP contribution in [0.25, 0.3) is 0 Å². The Morgan fingerprint density at radius 1 is 1.18 bits per heavy atom. The first-order valence-electron chi connectivity index (χ1n) is 6.55. The molecule has 2 atom stereocenters. The van der Waals surface area contributed by atoms with E-state index in [0.29, 0.717) is 5.15 Å². The summed E-state index contributed by atoms with van der Waals surface area (Å²) in [5.74, 6) is 0.765. The zero-order chi connectivity index (χ0) is 11.7. The largest absolute Gasteiger partial charge is 0.300 e. The molecule has 92 valence electrons. The van der Waals surface area contributed by atoms with Crippen LogP contribution < -0.4 is 0 Å². The van der Waals surface area contributed by atoms with Gasteiger partial charge < -0.3 is 4.90 Å². The Kier molecular flexibility index (Phi) is 3.30. The van der Waals surface area contributed by atoms with Gasteiger partial charge in [-0.25, -0.2) is 0 Å². The molecule has 2 unspecified atom stereocenters. The van der Waals surface area contributed by atoms with Gasteiger partial charge in [-0.1, -0.05) is 11.6 Å². The van der Waals surface area contributed by atoms with Gasteiger partial charge in [0.25, 0.3) is 0 Å². The van der Waals surface area contributed by atoms with Gasteiger partial charge in [0.2, 0.25) is 0 Å². The smallest absolute Gasteiger partial charge is 0.151 e. The zero-order valence-corrected chi connectivity index (χ0v) is 10.7. The Bertz CT molecular complexity index is 379. The molecule has 3 rings (SSSR count). The van der Waals surface area contributed by atoms with E-state index in [1.54, 1.807) is 0 Å². The van der Waals surface area contributed by atoms with Crippen molar-refractivity contribution in [2.75, 3.05) is 13.1 Å². The lowest BCUT2D eigenvalue weighted by molar-refractivity contribution is 0.132. The number of hydrogen-bond donors (Lipinski definition) is 0. The Morgan fingerprint density at radius 2 is 2.00 bits per heavy atom. The van der Waals surface area contributed by atoms with Crippen molar-refractivity contribution in [3.05, 3.63) is 23.0 Å². The SMILES string of the molecule is Clc1ccc(CC2CCCN3CCCC23)nn1. The number of aromatic nitrogens is 2. The molecule has 0 amide bonds. The molecule has 2 aliphatic rings. The molecule has 0 radical (unpaired) electrons. The molecule has 0 aromatic carbocycles. The quantitative estimate of drug-likeness (QED) is 0.809. The fraction of sp³-hybridized carbons (Fsp3) is 0.692. The lowest BCUT2D eigenvalue weighted by Crippen LogP contribution is -2.41. The van der Waals surface area contributed by atoms with Gasteiger partial charge in [-0.2, -0.15) is 5.10 Å². The third kappa shape index (κ3) is 2.45. The Morgan fingerprint density at radius 3 is 2.76 bits per heavy atom. The maximum absolute atomic E-state index is 5.76. The van der Waals surface area contributed by atoms with Gasteiger partial charge in [0.05, 0.1) is 5.69 Å². The minimum absolute atomic E-state index is 0.486. The van der Waals surface area contributed by atoms with E-state index in [0.717, 1.165) is 24.1 Å². The van der Waals surface area contributed by atoms with E-state index in [-0.39, 0.29) is 0 Å². The van der Waals surface area contributed by atoms with E-state index in [1.165, 1.54) is 38.8 Å². The number of piperidine rings is 1. The fourth-order valence-electron chi connectivity index (χ4n) is 3.37. The second-order valence-corrected chi connectivity index (χ2v) is 5.59. The predicted octanol–water partition coefficient (Wildman–Crippen LogP) is 2.55. The van der Waals surface area contributed by atoms with Crippen LogP contribution in [0.1, 0.15) is 31.4 Å². The van der Waals surface area contributed by atoms with E-state index in [2.05, 4.69) is 15.1 Å². The average Bonchev–Trinajstić information content (AvgIpc) is 2.81. The zero-order valence-electron chi connectivity index (χ0n) is 9.98. The molecule has 3 heterocycles. The van der Waals surface area contributed by atoms with Gasteiger partial charge in [0, 0.05) is 6.04 Å². The summed E-state index contributed by atoms with van der Waals surface area (Å²) >= 11 is 5.76. The molecule has 2 fully saturated rings. The third-order valence-electron chi connectivity index (χ3n) is 4.14. The van der Waals surface area contributed by atoms with E-state index in [1.807, 2.05) is 12.1 Å². The summed E-state index contributed by atoms with van der Waals surface area (Å²) in [6.45, 7) is 2.60. The van der Waals surface area contributed by atoms with Crippen molar-refractivity contribution in [3.63, 3.8) is 0 Å². The summed E-state index contributed by atoms with van der Waals surface area (Å²) in [4.78, 5) is 2.66. The van der Waals surface area contributed by atoms with Crippen molar-refractivity contribution < 1.29 is 0 Å². The van der Waals surface area contributed by atoms with Crippen LogP contribution in [0.4, 0.5) is 0 Å².